The van der Waals surface area contributed by atoms with Gasteiger partial charge in [-0.1, -0.05) is 0 Å². The minimum absolute atomic E-state index is 0.0196. The number of carbonyl (C=O) groups is 1. The van der Waals surface area contributed by atoms with Crippen molar-refractivity contribution in [3.8, 4) is 0 Å². The van der Waals surface area contributed by atoms with Gasteiger partial charge in [0.1, 0.15) is 6.33 Å². The molecule has 0 bridgehead atoms. The number of nitrogens with zero attached hydrogens (tertiary/aromatic N) is 3. The zero-order valence-corrected chi connectivity index (χ0v) is 7.55. The number of aliphatic hydroxyl groups is 1. The van der Waals surface area contributed by atoms with Gasteiger partial charge in [-0.25, -0.2) is 9.78 Å². The van der Waals surface area contributed by atoms with Gasteiger partial charge in [0.2, 0.25) is 0 Å². The fourth-order valence-corrected chi connectivity index (χ4v) is 1.05. The highest BCUT2D eigenvalue weighted by molar-refractivity contribution is 5.76. The molecule has 0 aromatic carbocycles. The van der Waals surface area contributed by atoms with Crippen LogP contribution in [-0.4, -0.2) is 45.3 Å². The lowest BCUT2D eigenvalue weighted by atomic mass is 10.5. The number of hydrogen-bond donors (Lipinski definition) is 1. The number of imidazole rings is 1. The van der Waals surface area contributed by atoms with Crippen molar-refractivity contribution >= 4 is 6.03 Å². The number of aromatic nitrogens is 2. The topological polar surface area (TPSA) is 58.4 Å². The molecule has 0 unspecified atom stereocenters. The Hall–Kier alpha value is -1.36. The maximum atomic E-state index is 11.6. The molecule has 5 heteroatoms. The lowest BCUT2D eigenvalue weighted by molar-refractivity contribution is 0.182. The summed E-state index contributed by atoms with van der Waals surface area (Å²) in [5, 5.41) is 8.70. The summed E-state index contributed by atoms with van der Waals surface area (Å²) >= 11 is 0. The van der Waals surface area contributed by atoms with E-state index in [4.69, 9.17) is 5.11 Å². The third kappa shape index (κ3) is 2.29. The first-order valence-electron chi connectivity index (χ1n) is 4.17. The van der Waals surface area contributed by atoms with E-state index in [2.05, 4.69) is 4.98 Å². The van der Waals surface area contributed by atoms with Gasteiger partial charge in [-0.3, -0.25) is 4.57 Å². The minimum atomic E-state index is -0.158. The standard InChI is InChI=1S/C8H13N3O2/c1-2-10(5-6-12)8(13)11-4-3-9-7-11/h3-4,7,12H,2,5-6H2,1H3. The van der Waals surface area contributed by atoms with Crippen molar-refractivity contribution in [3.63, 3.8) is 0 Å². The molecule has 1 aromatic heterocycles. The fraction of sp³-hybridized carbons (Fsp3) is 0.500. The summed E-state index contributed by atoms with van der Waals surface area (Å²) in [7, 11) is 0. The van der Waals surface area contributed by atoms with Crippen LogP contribution in [0.2, 0.25) is 0 Å². The summed E-state index contributed by atoms with van der Waals surface area (Å²) in [4.78, 5) is 16.9. The molecule has 0 spiro atoms. The van der Waals surface area contributed by atoms with E-state index in [1.54, 1.807) is 17.3 Å². The number of aliphatic hydroxyl groups excluding tert-OH is 1. The molecule has 0 saturated heterocycles. The van der Waals surface area contributed by atoms with E-state index in [-0.39, 0.29) is 12.6 Å². The van der Waals surface area contributed by atoms with Crippen molar-refractivity contribution in [1.82, 2.24) is 14.5 Å². The van der Waals surface area contributed by atoms with Crippen molar-refractivity contribution in [2.75, 3.05) is 19.7 Å². The Morgan fingerprint density at radius 3 is 2.92 bits per heavy atom. The van der Waals surface area contributed by atoms with Crippen LogP contribution in [0.5, 0.6) is 0 Å². The maximum Gasteiger partial charge on any atom is 0.329 e. The zero-order chi connectivity index (χ0) is 9.68. The molecule has 1 rings (SSSR count). The average Bonchev–Trinajstić information content (AvgIpc) is 2.65. The third-order valence-electron chi connectivity index (χ3n) is 1.75. The molecule has 0 saturated carbocycles. The highest BCUT2D eigenvalue weighted by Gasteiger charge is 2.11. The number of carbonyl (C=O) groups excluding carboxylic acids is 1. The highest BCUT2D eigenvalue weighted by atomic mass is 16.3. The molecular weight excluding hydrogens is 170 g/mol. The number of hydrogen-bond acceptors (Lipinski definition) is 3. The second-order valence-corrected chi connectivity index (χ2v) is 2.56. The van der Waals surface area contributed by atoms with Crippen LogP contribution in [0.25, 0.3) is 0 Å². The summed E-state index contributed by atoms with van der Waals surface area (Å²) in [5.74, 6) is 0. The van der Waals surface area contributed by atoms with E-state index >= 15 is 0 Å². The molecular formula is C8H13N3O2. The Bertz CT molecular complexity index is 258. The van der Waals surface area contributed by atoms with Crippen LogP contribution < -0.4 is 0 Å². The van der Waals surface area contributed by atoms with E-state index in [1.165, 1.54) is 10.9 Å². The lowest BCUT2D eigenvalue weighted by Crippen LogP contribution is -2.36. The molecule has 1 heterocycles. The summed E-state index contributed by atoms with van der Waals surface area (Å²) < 4.78 is 1.39. The van der Waals surface area contributed by atoms with E-state index < -0.39 is 0 Å². The van der Waals surface area contributed by atoms with E-state index in [9.17, 15) is 4.79 Å². The summed E-state index contributed by atoms with van der Waals surface area (Å²) in [6, 6.07) is -0.158. The molecule has 1 aromatic rings. The average molecular weight is 183 g/mol. The molecule has 0 aliphatic carbocycles. The molecule has 0 fully saturated rings. The SMILES string of the molecule is CCN(CCO)C(=O)n1ccnc1. The largest absolute Gasteiger partial charge is 0.395 e. The van der Waals surface area contributed by atoms with Gasteiger partial charge in [0.25, 0.3) is 0 Å². The first-order valence-corrected chi connectivity index (χ1v) is 4.17. The normalized spacial score (nSPS) is 10.0. The Morgan fingerprint density at radius 2 is 2.46 bits per heavy atom. The lowest BCUT2D eigenvalue weighted by Gasteiger charge is -2.19. The summed E-state index contributed by atoms with van der Waals surface area (Å²) in [5.41, 5.74) is 0. The summed E-state index contributed by atoms with van der Waals surface area (Å²) in [6.07, 6.45) is 4.58. The first-order chi connectivity index (χ1) is 6.29. The molecule has 0 aliphatic heterocycles. The minimum Gasteiger partial charge on any atom is -0.395 e. The van der Waals surface area contributed by atoms with Crippen LogP contribution >= 0.6 is 0 Å². The smallest absolute Gasteiger partial charge is 0.329 e. The van der Waals surface area contributed by atoms with Gasteiger partial charge in [-0.15, -0.1) is 0 Å². The highest BCUT2D eigenvalue weighted by Crippen LogP contribution is 1.95. The van der Waals surface area contributed by atoms with Gasteiger partial charge in [0.05, 0.1) is 6.61 Å². The molecule has 5 nitrogen and oxygen atoms in total. The van der Waals surface area contributed by atoms with Crippen LogP contribution in [0.3, 0.4) is 0 Å². The van der Waals surface area contributed by atoms with Crippen molar-refractivity contribution in [3.05, 3.63) is 18.7 Å². The van der Waals surface area contributed by atoms with Gasteiger partial charge >= 0.3 is 6.03 Å². The Labute approximate surface area is 76.6 Å². The fourth-order valence-electron chi connectivity index (χ4n) is 1.05. The number of rotatable bonds is 3. The Balaban J connectivity index is 2.65. The molecule has 13 heavy (non-hydrogen) atoms. The summed E-state index contributed by atoms with van der Waals surface area (Å²) in [6.45, 7) is 2.78. The van der Waals surface area contributed by atoms with Crippen molar-refractivity contribution in [1.29, 1.82) is 0 Å². The van der Waals surface area contributed by atoms with Gasteiger partial charge in [-0.05, 0) is 6.92 Å². The van der Waals surface area contributed by atoms with Gasteiger partial charge in [-0.2, -0.15) is 0 Å². The molecule has 0 atom stereocenters. The molecule has 1 N–H and O–H groups in total. The van der Waals surface area contributed by atoms with Crippen molar-refractivity contribution < 1.29 is 9.90 Å². The Morgan fingerprint density at radius 1 is 1.69 bits per heavy atom. The third-order valence-corrected chi connectivity index (χ3v) is 1.75. The van der Waals surface area contributed by atoms with Crippen LogP contribution in [-0.2, 0) is 0 Å². The quantitative estimate of drug-likeness (QED) is 0.726. The molecule has 0 aliphatic rings. The second-order valence-electron chi connectivity index (χ2n) is 2.56. The van der Waals surface area contributed by atoms with Crippen molar-refractivity contribution in [2.45, 2.75) is 6.92 Å². The maximum absolute atomic E-state index is 11.6. The number of likely N-dealkylation sites (N-methyl/N-ethyl adjacent to an activating group) is 1. The van der Waals surface area contributed by atoms with E-state index in [0.717, 1.165) is 0 Å². The predicted molar refractivity (Wildman–Crippen MR) is 47.4 cm³/mol. The predicted octanol–water partition coefficient (Wildman–Crippen LogP) is 0.165. The first kappa shape index (κ1) is 9.73. The van der Waals surface area contributed by atoms with Crippen LogP contribution in [0.15, 0.2) is 18.7 Å². The molecule has 1 amide bonds. The van der Waals surface area contributed by atoms with Crippen LogP contribution in [0.1, 0.15) is 6.92 Å². The van der Waals surface area contributed by atoms with Gasteiger partial charge in [0.15, 0.2) is 0 Å². The zero-order valence-electron chi connectivity index (χ0n) is 7.55. The van der Waals surface area contributed by atoms with E-state index in [0.29, 0.717) is 13.1 Å². The van der Waals surface area contributed by atoms with Crippen LogP contribution in [0.4, 0.5) is 4.79 Å². The second kappa shape index (κ2) is 4.61. The van der Waals surface area contributed by atoms with Crippen LogP contribution in [0, 0.1) is 0 Å². The van der Waals surface area contributed by atoms with Gasteiger partial charge in [0, 0.05) is 25.5 Å². The number of amides is 1. The van der Waals surface area contributed by atoms with E-state index in [1.807, 2.05) is 6.92 Å². The molecule has 72 valence electrons. The monoisotopic (exact) mass is 183 g/mol. The van der Waals surface area contributed by atoms with Gasteiger partial charge < -0.3 is 10.0 Å². The Kier molecular flexibility index (Phi) is 3.45. The van der Waals surface area contributed by atoms with Crippen molar-refractivity contribution in [2.24, 2.45) is 0 Å². The molecule has 0 radical (unpaired) electrons.